The van der Waals surface area contributed by atoms with Crippen LogP contribution in [0.4, 0.5) is 10.5 Å². The molecular formula is C26H28N4O5. The number of alkyl carbamates (subject to hydrolysis) is 1. The van der Waals surface area contributed by atoms with Crippen molar-refractivity contribution < 1.29 is 24.2 Å². The molecule has 0 bridgehead atoms. The van der Waals surface area contributed by atoms with Gasteiger partial charge >= 0.3 is 12.1 Å². The highest BCUT2D eigenvalue weighted by atomic mass is 16.5. The van der Waals surface area contributed by atoms with Gasteiger partial charge in [0.2, 0.25) is 5.91 Å². The van der Waals surface area contributed by atoms with Crippen LogP contribution < -0.4 is 10.6 Å². The average molecular weight is 477 g/mol. The zero-order valence-corrected chi connectivity index (χ0v) is 19.8. The molecule has 1 heterocycles. The van der Waals surface area contributed by atoms with Crippen molar-refractivity contribution in [2.24, 2.45) is 13.0 Å². The van der Waals surface area contributed by atoms with Crippen LogP contribution in [0.1, 0.15) is 47.8 Å². The number of aromatic carboxylic acids is 1. The Kier molecular flexibility index (Phi) is 6.86. The molecule has 0 saturated heterocycles. The van der Waals surface area contributed by atoms with Crippen LogP contribution in [-0.2, 0) is 16.6 Å². The summed E-state index contributed by atoms with van der Waals surface area (Å²) in [6.07, 6.45) is 1.04. The number of hydrogen-bond acceptors (Lipinski definition) is 5. The van der Waals surface area contributed by atoms with Crippen LogP contribution in [0.2, 0.25) is 0 Å². The van der Waals surface area contributed by atoms with Gasteiger partial charge in [0.15, 0.2) is 5.69 Å². The summed E-state index contributed by atoms with van der Waals surface area (Å²) in [7, 11) is 1.56. The van der Waals surface area contributed by atoms with Crippen LogP contribution >= 0.6 is 0 Å². The molecule has 9 heteroatoms. The zero-order valence-electron chi connectivity index (χ0n) is 19.8. The lowest BCUT2D eigenvalue weighted by molar-refractivity contribution is -0.118. The van der Waals surface area contributed by atoms with E-state index >= 15 is 0 Å². The highest BCUT2D eigenvalue weighted by Gasteiger charge is 2.30. The first kappa shape index (κ1) is 24.0. The Hall–Kier alpha value is -4.14. The van der Waals surface area contributed by atoms with Gasteiger partial charge in [-0.2, -0.15) is 5.10 Å². The van der Waals surface area contributed by atoms with Crippen LogP contribution in [0.15, 0.2) is 54.7 Å². The number of carboxylic acid groups (broad SMARTS) is 1. The maximum atomic E-state index is 12.9. The third kappa shape index (κ3) is 5.18. The summed E-state index contributed by atoms with van der Waals surface area (Å²) in [4.78, 5) is 37.1. The van der Waals surface area contributed by atoms with Crippen molar-refractivity contribution in [2.45, 2.75) is 32.2 Å². The van der Waals surface area contributed by atoms with Gasteiger partial charge in [-0.25, -0.2) is 9.59 Å². The molecule has 1 aliphatic carbocycles. The lowest BCUT2D eigenvalue weighted by Crippen LogP contribution is -2.45. The molecule has 3 aromatic rings. The van der Waals surface area contributed by atoms with Gasteiger partial charge in [0.05, 0.1) is 5.69 Å². The standard InChI is InChI=1S/C26H28N4O5/c1-15(2)12-21(24(31)27-22-13-30(3)29-23(22)25(32)33)28-26(34)35-14-20-18-10-6-4-8-16(18)17-9-5-7-11-19(17)20/h4-11,13,15,20-21H,12,14H2,1-3H3,(H,27,31)(H,28,34)(H,32,33). The highest BCUT2D eigenvalue weighted by molar-refractivity contribution is 6.01. The van der Waals surface area contributed by atoms with Crippen molar-refractivity contribution in [1.29, 1.82) is 0 Å². The summed E-state index contributed by atoms with van der Waals surface area (Å²) < 4.78 is 6.88. The van der Waals surface area contributed by atoms with E-state index in [1.165, 1.54) is 10.9 Å². The number of hydrogen-bond donors (Lipinski definition) is 3. The number of ether oxygens (including phenoxy) is 1. The van der Waals surface area contributed by atoms with E-state index in [0.29, 0.717) is 6.42 Å². The fourth-order valence-electron chi connectivity index (χ4n) is 4.44. The van der Waals surface area contributed by atoms with E-state index in [1.807, 2.05) is 50.2 Å². The fraction of sp³-hybridized carbons (Fsp3) is 0.308. The number of carboxylic acids is 1. The van der Waals surface area contributed by atoms with E-state index in [4.69, 9.17) is 4.74 Å². The van der Waals surface area contributed by atoms with E-state index in [9.17, 15) is 19.5 Å². The number of nitrogens with zero attached hydrogens (tertiary/aromatic N) is 2. The predicted molar refractivity (Wildman–Crippen MR) is 130 cm³/mol. The smallest absolute Gasteiger partial charge is 0.407 e. The Balaban J connectivity index is 1.44. The number of fused-ring (bicyclic) bond motifs is 3. The van der Waals surface area contributed by atoms with E-state index < -0.39 is 24.0 Å². The minimum atomic E-state index is -1.26. The normalized spacial score (nSPS) is 13.1. The van der Waals surface area contributed by atoms with E-state index in [1.54, 1.807) is 7.05 Å². The first-order valence-corrected chi connectivity index (χ1v) is 11.4. The summed E-state index contributed by atoms with van der Waals surface area (Å²) in [5.74, 6) is -1.81. The Morgan fingerprint density at radius 2 is 1.66 bits per heavy atom. The molecule has 0 aliphatic heterocycles. The van der Waals surface area contributed by atoms with Gasteiger partial charge in [0, 0.05) is 19.2 Å². The zero-order chi connectivity index (χ0) is 25.1. The highest BCUT2D eigenvalue weighted by Crippen LogP contribution is 2.44. The lowest BCUT2D eigenvalue weighted by Gasteiger charge is -2.21. The molecule has 4 rings (SSSR count). The van der Waals surface area contributed by atoms with Crippen molar-refractivity contribution in [3.8, 4) is 11.1 Å². The van der Waals surface area contributed by atoms with E-state index in [2.05, 4.69) is 27.9 Å². The number of aromatic nitrogens is 2. The predicted octanol–water partition coefficient (Wildman–Crippen LogP) is 4.01. The van der Waals surface area contributed by atoms with Gasteiger partial charge in [0.25, 0.3) is 0 Å². The maximum Gasteiger partial charge on any atom is 0.407 e. The van der Waals surface area contributed by atoms with Crippen LogP contribution in [0.5, 0.6) is 0 Å². The summed E-state index contributed by atoms with van der Waals surface area (Å²) >= 11 is 0. The third-order valence-corrected chi connectivity index (χ3v) is 5.95. The largest absolute Gasteiger partial charge is 0.476 e. The number of carbonyl (C=O) groups excluding carboxylic acids is 2. The monoisotopic (exact) mass is 476 g/mol. The molecule has 1 unspecified atom stereocenters. The van der Waals surface area contributed by atoms with Crippen molar-refractivity contribution >= 4 is 23.7 Å². The second-order valence-electron chi connectivity index (χ2n) is 9.01. The van der Waals surface area contributed by atoms with Crippen molar-refractivity contribution in [3.63, 3.8) is 0 Å². The molecule has 0 fully saturated rings. The molecule has 1 atom stereocenters. The molecule has 1 aliphatic rings. The number of rotatable bonds is 8. The van der Waals surface area contributed by atoms with Crippen LogP contribution in [0, 0.1) is 5.92 Å². The van der Waals surface area contributed by atoms with Crippen LogP contribution in [0.25, 0.3) is 11.1 Å². The first-order chi connectivity index (χ1) is 16.7. The Morgan fingerprint density at radius 3 is 2.23 bits per heavy atom. The molecule has 2 amide bonds. The molecule has 0 spiro atoms. The van der Waals surface area contributed by atoms with Crippen molar-refractivity contribution in [2.75, 3.05) is 11.9 Å². The van der Waals surface area contributed by atoms with E-state index in [0.717, 1.165) is 22.3 Å². The average Bonchev–Trinajstić information content (AvgIpc) is 3.34. The molecule has 9 nitrogen and oxygen atoms in total. The Bertz CT molecular complexity index is 1220. The number of benzene rings is 2. The molecular weight excluding hydrogens is 448 g/mol. The van der Waals surface area contributed by atoms with E-state index in [-0.39, 0.29) is 29.8 Å². The number of anilines is 1. The SMILES string of the molecule is CC(C)CC(NC(=O)OCC1c2ccccc2-c2ccccc21)C(=O)Nc1cn(C)nc1C(=O)O. The number of nitrogens with one attached hydrogen (secondary N) is 2. The maximum absolute atomic E-state index is 12.9. The first-order valence-electron chi connectivity index (χ1n) is 11.4. The molecule has 1 aromatic heterocycles. The second kappa shape index (κ2) is 10.0. The number of amides is 2. The van der Waals surface area contributed by atoms with Crippen LogP contribution in [-0.4, -0.2) is 45.5 Å². The minimum Gasteiger partial charge on any atom is -0.476 e. The van der Waals surface area contributed by atoms with Crippen molar-refractivity contribution in [1.82, 2.24) is 15.1 Å². The topological polar surface area (TPSA) is 123 Å². The minimum absolute atomic E-state index is 0.0630. The molecule has 182 valence electrons. The van der Waals surface area contributed by atoms with Crippen LogP contribution in [0.3, 0.4) is 0 Å². The van der Waals surface area contributed by atoms with Crippen molar-refractivity contribution in [3.05, 3.63) is 71.5 Å². The number of carbonyl (C=O) groups is 3. The van der Waals surface area contributed by atoms with Gasteiger partial charge < -0.3 is 20.5 Å². The molecule has 2 aromatic carbocycles. The van der Waals surface area contributed by atoms with Gasteiger partial charge in [-0.3, -0.25) is 9.48 Å². The molecule has 0 saturated carbocycles. The van der Waals surface area contributed by atoms with Gasteiger partial charge in [-0.15, -0.1) is 0 Å². The fourth-order valence-corrected chi connectivity index (χ4v) is 4.44. The quantitative estimate of drug-likeness (QED) is 0.452. The summed E-state index contributed by atoms with van der Waals surface area (Å²) in [5.41, 5.74) is 4.23. The summed E-state index contributed by atoms with van der Waals surface area (Å²) in [6, 6.07) is 15.2. The second-order valence-corrected chi connectivity index (χ2v) is 9.01. The van der Waals surface area contributed by atoms with Gasteiger partial charge in [-0.1, -0.05) is 62.4 Å². The number of aryl methyl sites for hydroxylation is 1. The molecule has 3 N–H and O–H groups in total. The summed E-state index contributed by atoms with van der Waals surface area (Å²) in [5, 5.41) is 18.4. The lowest BCUT2D eigenvalue weighted by atomic mass is 9.98. The third-order valence-electron chi connectivity index (χ3n) is 5.95. The Morgan fingerprint density at radius 1 is 1.06 bits per heavy atom. The van der Waals surface area contributed by atoms with Gasteiger partial charge in [-0.05, 0) is 34.6 Å². The Labute approximate surface area is 203 Å². The van der Waals surface area contributed by atoms with Gasteiger partial charge in [0.1, 0.15) is 12.6 Å². The molecule has 0 radical (unpaired) electrons. The summed E-state index contributed by atoms with van der Waals surface area (Å²) in [6.45, 7) is 3.97. The molecule has 35 heavy (non-hydrogen) atoms.